The molecule has 2 unspecified atom stereocenters. The summed E-state index contributed by atoms with van der Waals surface area (Å²) in [6.45, 7) is 3.86. The number of aliphatic hydroxyl groups excluding tert-OH is 2. The molecule has 0 aromatic rings. The topological polar surface area (TPSA) is 40.5 Å². The normalized spacial score (nSPS) is 13.7. The molecule has 0 aliphatic rings. The van der Waals surface area contributed by atoms with E-state index in [4.69, 9.17) is 5.11 Å². The Balaban J connectivity index is 3.21. The minimum Gasteiger partial charge on any atom is -0.381 e. The van der Waals surface area contributed by atoms with Crippen molar-refractivity contribution in [2.75, 3.05) is 0 Å². The maximum Gasteiger partial charge on any atom is 0.114 e. The van der Waals surface area contributed by atoms with E-state index >= 15 is 0 Å². The summed E-state index contributed by atoms with van der Waals surface area (Å²) < 4.78 is 0. The minimum absolute atomic E-state index is 0.566. The molecule has 0 radical (unpaired) electrons. The molecule has 0 fully saturated rings. The van der Waals surface area contributed by atoms with E-state index in [1.54, 1.807) is 6.92 Å². The van der Waals surface area contributed by atoms with Gasteiger partial charge in [-0.2, -0.15) is 0 Å². The molecule has 0 bridgehead atoms. The monoisotopic (exact) mass is 268 g/mol. The van der Waals surface area contributed by atoms with Gasteiger partial charge in [-0.25, -0.2) is 0 Å². The summed E-state index contributed by atoms with van der Waals surface area (Å²) in [6.07, 6.45) is 12.6. The van der Waals surface area contributed by atoms with Crippen LogP contribution >= 0.6 is 0 Å². The number of rotatable bonds is 11. The van der Waals surface area contributed by atoms with Crippen molar-refractivity contribution in [3.05, 3.63) is 0 Å². The third-order valence-corrected chi connectivity index (χ3v) is 3.29. The van der Waals surface area contributed by atoms with E-state index in [1.165, 1.54) is 57.8 Å². The first-order valence-electron chi connectivity index (χ1n) is 8.04. The number of hydrogen-bond donors (Lipinski definition) is 2. The summed E-state index contributed by atoms with van der Waals surface area (Å²) in [7, 11) is 0. The Morgan fingerprint density at radius 1 is 0.737 bits per heavy atom. The smallest absolute Gasteiger partial charge is 0.114 e. The summed E-state index contributed by atoms with van der Waals surface area (Å²) in [5.74, 6) is 5.25. The van der Waals surface area contributed by atoms with E-state index in [1.807, 2.05) is 0 Å². The molecule has 0 spiro atoms. The van der Waals surface area contributed by atoms with Crippen molar-refractivity contribution in [3.8, 4) is 11.8 Å². The molecule has 2 heteroatoms. The Labute approximate surface area is 119 Å². The van der Waals surface area contributed by atoms with Gasteiger partial charge in [-0.05, 0) is 19.8 Å². The standard InChI is InChI=1S/C17H32O2/c1-3-4-5-6-7-8-9-10-11-12-13-17(19)15-14-16(2)18/h16-19H,3-13H2,1-2H3. The van der Waals surface area contributed by atoms with Gasteiger partial charge in [0.05, 0.1) is 0 Å². The van der Waals surface area contributed by atoms with Crippen molar-refractivity contribution in [2.24, 2.45) is 0 Å². The second kappa shape index (κ2) is 13.9. The molecule has 0 rings (SSSR count). The molecule has 0 heterocycles. The fourth-order valence-corrected chi connectivity index (χ4v) is 2.11. The molecule has 0 amide bonds. The van der Waals surface area contributed by atoms with Crippen molar-refractivity contribution in [1.29, 1.82) is 0 Å². The van der Waals surface area contributed by atoms with Gasteiger partial charge in [0.15, 0.2) is 0 Å². The van der Waals surface area contributed by atoms with Crippen LogP contribution in [0, 0.1) is 11.8 Å². The zero-order valence-electron chi connectivity index (χ0n) is 12.8. The summed E-state index contributed by atoms with van der Waals surface area (Å²) in [6, 6.07) is 0. The van der Waals surface area contributed by atoms with Gasteiger partial charge in [-0.3, -0.25) is 0 Å². The molecule has 2 nitrogen and oxygen atoms in total. The van der Waals surface area contributed by atoms with E-state index in [0.717, 1.165) is 12.8 Å². The number of unbranched alkanes of at least 4 members (excludes halogenated alkanes) is 9. The first-order valence-corrected chi connectivity index (χ1v) is 8.04. The van der Waals surface area contributed by atoms with Crippen LogP contribution in [0.2, 0.25) is 0 Å². The van der Waals surface area contributed by atoms with Crippen LogP contribution in [0.25, 0.3) is 0 Å². The molecule has 0 aromatic heterocycles. The summed E-state index contributed by atoms with van der Waals surface area (Å²) >= 11 is 0. The molecule has 0 aliphatic carbocycles. The van der Waals surface area contributed by atoms with Crippen molar-refractivity contribution >= 4 is 0 Å². The molecule has 2 N–H and O–H groups in total. The highest BCUT2D eigenvalue weighted by Crippen LogP contribution is 2.11. The first-order chi connectivity index (χ1) is 9.16. The maximum atomic E-state index is 9.54. The molecule has 112 valence electrons. The van der Waals surface area contributed by atoms with Gasteiger partial charge < -0.3 is 10.2 Å². The van der Waals surface area contributed by atoms with Crippen LogP contribution in [-0.4, -0.2) is 22.4 Å². The van der Waals surface area contributed by atoms with Gasteiger partial charge in [-0.15, -0.1) is 0 Å². The van der Waals surface area contributed by atoms with Crippen molar-refractivity contribution < 1.29 is 10.2 Å². The fraction of sp³-hybridized carbons (Fsp3) is 0.882. The van der Waals surface area contributed by atoms with Gasteiger partial charge in [0.1, 0.15) is 12.2 Å². The minimum atomic E-state index is -0.637. The predicted molar refractivity (Wildman–Crippen MR) is 81.9 cm³/mol. The third-order valence-electron chi connectivity index (χ3n) is 3.29. The molecular weight excluding hydrogens is 236 g/mol. The Hall–Kier alpha value is -0.520. The van der Waals surface area contributed by atoms with Gasteiger partial charge in [0.2, 0.25) is 0 Å². The lowest BCUT2D eigenvalue weighted by Crippen LogP contribution is -2.04. The lowest BCUT2D eigenvalue weighted by Gasteiger charge is -2.04. The highest BCUT2D eigenvalue weighted by molar-refractivity contribution is 5.07. The number of hydrogen-bond acceptors (Lipinski definition) is 2. The molecular formula is C17H32O2. The first kappa shape index (κ1) is 18.5. The van der Waals surface area contributed by atoms with Crippen LogP contribution in [0.5, 0.6) is 0 Å². The predicted octanol–water partition coefficient (Wildman–Crippen LogP) is 4.04. The van der Waals surface area contributed by atoms with Crippen molar-refractivity contribution in [2.45, 2.75) is 96.7 Å². The number of aliphatic hydroxyl groups is 2. The van der Waals surface area contributed by atoms with Gasteiger partial charge >= 0.3 is 0 Å². The van der Waals surface area contributed by atoms with E-state index in [9.17, 15) is 5.11 Å². The summed E-state index contributed by atoms with van der Waals surface area (Å²) in [4.78, 5) is 0. The maximum absolute atomic E-state index is 9.54. The molecule has 0 saturated heterocycles. The summed E-state index contributed by atoms with van der Waals surface area (Å²) in [5, 5.41) is 18.5. The Bertz CT molecular complexity index is 237. The Morgan fingerprint density at radius 2 is 1.21 bits per heavy atom. The highest BCUT2D eigenvalue weighted by atomic mass is 16.3. The van der Waals surface area contributed by atoms with Crippen LogP contribution in [0.15, 0.2) is 0 Å². The zero-order chi connectivity index (χ0) is 14.3. The second-order valence-corrected chi connectivity index (χ2v) is 5.45. The molecule has 19 heavy (non-hydrogen) atoms. The van der Waals surface area contributed by atoms with E-state index in [2.05, 4.69) is 18.8 Å². The Kier molecular flexibility index (Phi) is 13.5. The van der Waals surface area contributed by atoms with E-state index < -0.39 is 12.2 Å². The van der Waals surface area contributed by atoms with Crippen LogP contribution in [0.4, 0.5) is 0 Å². The van der Waals surface area contributed by atoms with Crippen LogP contribution in [0.3, 0.4) is 0 Å². The van der Waals surface area contributed by atoms with Crippen molar-refractivity contribution in [1.82, 2.24) is 0 Å². The van der Waals surface area contributed by atoms with Gasteiger partial charge in [0.25, 0.3) is 0 Å². The average molecular weight is 268 g/mol. The zero-order valence-corrected chi connectivity index (χ0v) is 12.8. The SMILES string of the molecule is CCCCCCCCCCCCC(O)C#CC(C)O. The third kappa shape index (κ3) is 15.4. The van der Waals surface area contributed by atoms with E-state index in [-0.39, 0.29) is 0 Å². The van der Waals surface area contributed by atoms with Gasteiger partial charge in [-0.1, -0.05) is 76.6 Å². The Morgan fingerprint density at radius 3 is 1.68 bits per heavy atom. The lowest BCUT2D eigenvalue weighted by atomic mass is 10.0. The molecule has 0 aromatic carbocycles. The molecule has 2 atom stereocenters. The molecule has 0 aliphatic heterocycles. The quantitative estimate of drug-likeness (QED) is 0.438. The van der Waals surface area contributed by atoms with Crippen molar-refractivity contribution in [3.63, 3.8) is 0 Å². The van der Waals surface area contributed by atoms with Crippen LogP contribution in [0.1, 0.15) is 84.5 Å². The lowest BCUT2D eigenvalue weighted by molar-refractivity contribution is 0.214. The van der Waals surface area contributed by atoms with Gasteiger partial charge in [0, 0.05) is 0 Å². The van der Waals surface area contributed by atoms with E-state index in [0.29, 0.717) is 0 Å². The van der Waals surface area contributed by atoms with Crippen LogP contribution in [-0.2, 0) is 0 Å². The highest BCUT2D eigenvalue weighted by Gasteiger charge is 1.99. The van der Waals surface area contributed by atoms with Crippen LogP contribution < -0.4 is 0 Å². The average Bonchev–Trinajstić information content (AvgIpc) is 2.38. The summed E-state index contributed by atoms with van der Waals surface area (Å²) in [5.41, 5.74) is 0. The largest absolute Gasteiger partial charge is 0.381 e. The second-order valence-electron chi connectivity index (χ2n) is 5.45. The molecule has 0 saturated carbocycles. The fourth-order valence-electron chi connectivity index (χ4n) is 2.11.